The van der Waals surface area contributed by atoms with Crippen LogP contribution in [-0.2, 0) is 14.3 Å². The van der Waals surface area contributed by atoms with E-state index >= 15 is 0 Å². The highest BCUT2D eigenvalue weighted by Gasteiger charge is 2.20. The van der Waals surface area contributed by atoms with Gasteiger partial charge in [-0.25, -0.2) is 0 Å². The molecule has 0 aliphatic heterocycles. The maximum Gasteiger partial charge on any atom is 0.305 e. The molecule has 0 rings (SSSR count). The first-order valence-electron chi connectivity index (χ1n) is 24.1. The SMILES string of the molecule is CCCC/C=C\CCCCCCCC(=O)OCCCCCCCCC/C=C\CCCCCCCC(=O)NC(CO)C(O)CCCCCCCCCCCCC. The molecule has 324 valence electrons. The van der Waals surface area contributed by atoms with E-state index in [1.54, 1.807) is 0 Å². The average molecular weight is 776 g/mol. The highest BCUT2D eigenvalue weighted by molar-refractivity contribution is 5.76. The number of unbranched alkanes of at least 4 members (excludes halogenated alkanes) is 29. The smallest absolute Gasteiger partial charge is 0.305 e. The van der Waals surface area contributed by atoms with E-state index in [-0.39, 0.29) is 18.5 Å². The maximum atomic E-state index is 12.4. The zero-order valence-corrected chi connectivity index (χ0v) is 36.7. The third-order valence-electron chi connectivity index (χ3n) is 11.0. The predicted molar refractivity (Wildman–Crippen MR) is 236 cm³/mol. The van der Waals surface area contributed by atoms with Gasteiger partial charge in [0.05, 0.1) is 25.4 Å². The van der Waals surface area contributed by atoms with E-state index in [1.807, 2.05) is 0 Å². The molecule has 3 N–H and O–H groups in total. The number of amides is 1. The monoisotopic (exact) mass is 776 g/mol. The Morgan fingerprint density at radius 3 is 1.35 bits per heavy atom. The maximum absolute atomic E-state index is 12.4. The van der Waals surface area contributed by atoms with Crippen LogP contribution in [0.25, 0.3) is 0 Å². The van der Waals surface area contributed by atoms with Gasteiger partial charge in [0.15, 0.2) is 0 Å². The lowest BCUT2D eigenvalue weighted by molar-refractivity contribution is -0.143. The largest absolute Gasteiger partial charge is 0.466 e. The fourth-order valence-corrected chi connectivity index (χ4v) is 7.20. The van der Waals surface area contributed by atoms with Crippen molar-refractivity contribution in [3.63, 3.8) is 0 Å². The zero-order valence-electron chi connectivity index (χ0n) is 36.7. The summed E-state index contributed by atoms with van der Waals surface area (Å²) in [7, 11) is 0. The number of carbonyl (C=O) groups is 2. The molecule has 0 aromatic carbocycles. The van der Waals surface area contributed by atoms with Crippen molar-refractivity contribution in [1.82, 2.24) is 5.32 Å². The molecule has 2 atom stereocenters. The summed E-state index contributed by atoms with van der Waals surface area (Å²) < 4.78 is 5.43. The number of aliphatic hydroxyl groups is 2. The molecule has 0 spiro atoms. The van der Waals surface area contributed by atoms with Crippen LogP contribution in [0, 0.1) is 0 Å². The fraction of sp³-hybridized carbons (Fsp3) is 0.878. The molecule has 0 aromatic rings. The second-order valence-corrected chi connectivity index (χ2v) is 16.4. The van der Waals surface area contributed by atoms with Crippen molar-refractivity contribution < 1.29 is 24.5 Å². The third kappa shape index (κ3) is 41.8. The average Bonchev–Trinajstić information content (AvgIpc) is 3.18. The van der Waals surface area contributed by atoms with Crippen LogP contribution in [0.5, 0.6) is 0 Å². The number of ether oxygens (including phenoxy) is 1. The Morgan fingerprint density at radius 2 is 0.873 bits per heavy atom. The molecule has 0 bridgehead atoms. The standard InChI is InChI=1S/C49H93NO5/c1-3-5-7-9-11-13-21-25-29-33-37-41-47(52)46(45-51)50-48(53)42-38-34-30-26-23-19-17-15-16-18-20-24-28-32-36-40-44-55-49(54)43-39-35-31-27-22-14-12-10-8-6-4-2/h10,12,15,17,46-47,51-52H,3-9,11,13-14,16,18-45H2,1-2H3,(H,50,53)/b12-10-,17-15-. The van der Waals surface area contributed by atoms with Gasteiger partial charge in [0, 0.05) is 12.8 Å². The molecule has 0 aliphatic rings. The quantitative estimate of drug-likeness (QED) is 0.0325. The minimum Gasteiger partial charge on any atom is -0.466 e. The number of aliphatic hydroxyl groups excluding tert-OH is 2. The van der Waals surface area contributed by atoms with Gasteiger partial charge in [0.25, 0.3) is 0 Å². The summed E-state index contributed by atoms with van der Waals surface area (Å²) in [6.45, 7) is 4.87. The van der Waals surface area contributed by atoms with Crippen LogP contribution in [0.1, 0.15) is 251 Å². The lowest BCUT2D eigenvalue weighted by Crippen LogP contribution is -2.45. The van der Waals surface area contributed by atoms with E-state index in [9.17, 15) is 19.8 Å². The Hall–Kier alpha value is -1.66. The van der Waals surface area contributed by atoms with E-state index in [0.29, 0.717) is 25.9 Å². The summed E-state index contributed by atoms with van der Waals surface area (Å²) in [4.78, 5) is 24.3. The van der Waals surface area contributed by atoms with Gasteiger partial charge in [-0.3, -0.25) is 9.59 Å². The predicted octanol–water partition coefficient (Wildman–Crippen LogP) is 14.0. The normalized spacial score (nSPS) is 12.9. The first-order valence-corrected chi connectivity index (χ1v) is 24.1. The van der Waals surface area contributed by atoms with Gasteiger partial charge in [-0.05, 0) is 70.6 Å². The van der Waals surface area contributed by atoms with Crippen molar-refractivity contribution in [1.29, 1.82) is 0 Å². The molecule has 0 radical (unpaired) electrons. The number of nitrogens with one attached hydrogen (secondary N) is 1. The van der Waals surface area contributed by atoms with Crippen LogP contribution in [0.2, 0.25) is 0 Å². The lowest BCUT2D eigenvalue weighted by Gasteiger charge is -2.22. The molecule has 0 aromatic heterocycles. The molecule has 6 heteroatoms. The van der Waals surface area contributed by atoms with Crippen LogP contribution >= 0.6 is 0 Å². The van der Waals surface area contributed by atoms with Gasteiger partial charge >= 0.3 is 5.97 Å². The zero-order chi connectivity index (χ0) is 40.1. The van der Waals surface area contributed by atoms with E-state index in [0.717, 1.165) is 64.2 Å². The fourth-order valence-electron chi connectivity index (χ4n) is 7.20. The van der Waals surface area contributed by atoms with Crippen molar-refractivity contribution in [2.45, 2.75) is 264 Å². The first kappa shape index (κ1) is 53.3. The summed E-state index contributed by atoms with van der Waals surface area (Å²) in [5, 5.41) is 23.1. The minimum absolute atomic E-state index is 0.0146. The molecule has 6 nitrogen and oxygen atoms in total. The van der Waals surface area contributed by atoms with Gasteiger partial charge in [0.1, 0.15) is 0 Å². The van der Waals surface area contributed by atoms with Gasteiger partial charge in [0.2, 0.25) is 5.91 Å². The van der Waals surface area contributed by atoms with E-state index in [2.05, 4.69) is 43.5 Å². The van der Waals surface area contributed by atoms with Crippen LogP contribution in [-0.4, -0.2) is 47.4 Å². The van der Waals surface area contributed by atoms with E-state index in [1.165, 1.54) is 154 Å². The van der Waals surface area contributed by atoms with E-state index < -0.39 is 12.1 Å². The lowest BCUT2D eigenvalue weighted by atomic mass is 10.0. The summed E-state index contributed by atoms with van der Waals surface area (Å²) >= 11 is 0. The van der Waals surface area contributed by atoms with Gasteiger partial charge in [-0.2, -0.15) is 0 Å². The Morgan fingerprint density at radius 1 is 0.491 bits per heavy atom. The minimum atomic E-state index is -0.673. The van der Waals surface area contributed by atoms with Gasteiger partial charge < -0.3 is 20.3 Å². The van der Waals surface area contributed by atoms with Crippen molar-refractivity contribution in [2.75, 3.05) is 13.2 Å². The van der Waals surface area contributed by atoms with Crippen LogP contribution < -0.4 is 5.32 Å². The molecule has 0 fully saturated rings. The highest BCUT2D eigenvalue weighted by Crippen LogP contribution is 2.15. The van der Waals surface area contributed by atoms with E-state index in [4.69, 9.17) is 4.74 Å². The van der Waals surface area contributed by atoms with Crippen molar-refractivity contribution in [2.24, 2.45) is 0 Å². The molecule has 0 saturated carbocycles. The molecular weight excluding hydrogens is 683 g/mol. The number of rotatable bonds is 44. The summed E-state index contributed by atoms with van der Waals surface area (Å²) in [6, 6.07) is -0.552. The highest BCUT2D eigenvalue weighted by atomic mass is 16.5. The number of allylic oxidation sites excluding steroid dienone is 4. The van der Waals surface area contributed by atoms with Crippen molar-refractivity contribution >= 4 is 11.9 Å². The molecular formula is C49H93NO5. The molecule has 1 amide bonds. The molecule has 55 heavy (non-hydrogen) atoms. The summed E-state index contributed by atoms with van der Waals surface area (Å²) in [5.41, 5.74) is 0. The Bertz CT molecular complexity index is 858. The molecule has 0 saturated heterocycles. The first-order chi connectivity index (χ1) is 27.0. The number of carbonyl (C=O) groups excluding carboxylic acids is 2. The van der Waals surface area contributed by atoms with Crippen molar-refractivity contribution in [3.8, 4) is 0 Å². The van der Waals surface area contributed by atoms with Crippen LogP contribution in [0.4, 0.5) is 0 Å². The summed E-state index contributed by atoms with van der Waals surface area (Å²) in [5.74, 6) is -0.0688. The number of esters is 1. The second-order valence-electron chi connectivity index (χ2n) is 16.4. The Balaban J connectivity index is 3.48. The summed E-state index contributed by atoms with van der Waals surface area (Å²) in [6.07, 6.45) is 51.4. The van der Waals surface area contributed by atoms with Crippen LogP contribution in [0.15, 0.2) is 24.3 Å². The van der Waals surface area contributed by atoms with Crippen molar-refractivity contribution in [3.05, 3.63) is 24.3 Å². The Labute approximate surface area is 341 Å². The number of hydrogen-bond acceptors (Lipinski definition) is 5. The van der Waals surface area contributed by atoms with Gasteiger partial charge in [-0.15, -0.1) is 0 Å². The Kier molecular flexibility index (Phi) is 43.7. The molecule has 0 aliphatic carbocycles. The van der Waals surface area contributed by atoms with Gasteiger partial charge in [-0.1, -0.05) is 192 Å². The number of hydrogen-bond donors (Lipinski definition) is 3. The molecule has 0 heterocycles. The van der Waals surface area contributed by atoms with Crippen LogP contribution in [0.3, 0.4) is 0 Å². The topological polar surface area (TPSA) is 95.9 Å². The molecule has 2 unspecified atom stereocenters. The third-order valence-corrected chi connectivity index (χ3v) is 11.0. The second kappa shape index (κ2) is 45.0.